The molecule has 0 atom stereocenters. The van der Waals surface area contributed by atoms with Gasteiger partial charge < -0.3 is 11.1 Å². The van der Waals surface area contributed by atoms with E-state index < -0.39 is 11.7 Å². The fourth-order valence-corrected chi connectivity index (χ4v) is 1.62. The van der Waals surface area contributed by atoms with Gasteiger partial charge in [0.05, 0.1) is 16.8 Å². The third kappa shape index (κ3) is 2.43. The van der Waals surface area contributed by atoms with Crippen molar-refractivity contribution in [2.75, 3.05) is 5.73 Å². The minimum Gasteiger partial charge on any atom is -0.384 e. The van der Waals surface area contributed by atoms with Gasteiger partial charge in [0.25, 0.3) is 5.91 Å². The highest BCUT2D eigenvalue weighted by Crippen LogP contribution is 2.19. The number of carbonyl (C=O) groups excluding carboxylic acids is 1. The quantitative estimate of drug-likeness (QED) is 0.792. The number of halogens is 2. The first-order valence-corrected chi connectivity index (χ1v) is 5.47. The molecule has 2 aromatic rings. The molecule has 1 heterocycles. The first-order valence-electron chi connectivity index (χ1n) is 5.09. The average molecular weight is 269 g/mol. The number of anilines is 1. The van der Waals surface area contributed by atoms with Gasteiger partial charge in [0.15, 0.2) is 0 Å². The number of nitrogen functional groups attached to an aromatic ring is 1. The molecular weight excluding hydrogens is 259 g/mol. The first-order chi connectivity index (χ1) is 8.59. The molecule has 1 amide bonds. The van der Waals surface area contributed by atoms with E-state index >= 15 is 0 Å². The number of aromatic amines is 1. The fraction of sp³-hybridized carbons (Fsp3) is 0.0909. The van der Waals surface area contributed by atoms with Crippen LogP contribution in [0.4, 0.5) is 10.2 Å². The molecule has 0 unspecified atom stereocenters. The van der Waals surface area contributed by atoms with Crippen molar-refractivity contribution < 1.29 is 9.18 Å². The lowest BCUT2D eigenvalue weighted by atomic mass is 10.2. The SMILES string of the molecule is Nc1[nH]ncc1CNC(=O)c1cccc(F)c1Cl. The Bertz CT molecular complexity index is 584. The second-order valence-corrected chi connectivity index (χ2v) is 3.97. The summed E-state index contributed by atoms with van der Waals surface area (Å²) >= 11 is 5.70. The monoisotopic (exact) mass is 268 g/mol. The molecular formula is C11H10ClFN4O. The number of H-pyrrole nitrogens is 1. The molecule has 0 radical (unpaired) electrons. The van der Waals surface area contributed by atoms with Crippen LogP contribution in [0.3, 0.4) is 0 Å². The van der Waals surface area contributed by atoms with Crippen LogP contribution in [0.2, 0.25) is 5.02 Å². The lowest BCUT2D eigenvalue weighted by Crippen LogP contribution is -2.23. The summed E-state index contributed by atoms with van der Waals surface area (Å²) in [4.78, 5) is 11.8. The van der Waals surface area contributed by atoms with Crippen LogP contribution < -0.4 is 11.1 Å². The number of hydrogen-bond acceptors (Lipinski definition) is 3. The van der Waals surface area contributed by atoms with Crippen LogP contribution in [0.15, 0.2) is 24.4 Å². The lowest BCUT2D eigenvalue weighted by Gasteiger charge is -2.06. The number of rotatable bonds is 3. The second kappa shape index (κ2) is 5.05. The summed E-state index contributed by atoms with van der Waals surface area (Å²) in [5, 5.41) is 8.64. The Morgan fingerprint density at radius 3 is 3.00 bits per heavy atom. The van der Waals surface area contributed by atoms with Gasteiger partial charge in [-0.1, -0.05) is 17.7 Å². The van der Waals surface area contributed by atoms with Gasteiger partial charge in [0, 0.05) is 12.1 Å². The molecule has 0 bridgehead atoms. The van der Waals surface area contributed by atoms with Crippen LogP contribution in [-0.4, -0.2) is 16.1 Å². The number of nitrogens with zero attached hydrogens (tertiary/aromatic N) is 1. The number of nitrogens with two attached hydrogens (primary N) is 1. The highest BCUT2D eigenvalue weighted by molar-refractivity contribution is 6.34. The van der Waals surface area contributed by atoms with E-state index in [0.29, 0.717) is 11.4 Å². The summed E-state index contributed by atoms with van der Waals surface area (Å²) in [7, 11) is 0. The van der Waals surface area contributed by atoms with Crippen LogP contribution in [0.25, 0.3) is 0 Å². The average Bonchev–Trinajstić information content (AvgIpc) is 2.75. The molecule has 94 valence electrons. The number of aromatic nitrogens is 2. The Hall–Kier alpha value is -2.08. The Morgan fingerprint density at radius 2 is 2.33 bits per heavy atom. The maximum absolute atomic E-state index is 13.2. The van der Waals surface area contributed by atoms with E-state index in [9.17, 15) is 9.18 Å². The predicted molar refractivity (Wildman–Crippen MR) is 65.6 cm³/mol. The van der Waals surface area contributed by atoms with Gasteiger partial charge in [-0.3, -0.25) is 9.89 Å². The van der Waals surface area contributed by atoms with Gasteiger partial charge >= 0.3 is 0 Å². The van der Waals surface area contributed by atoms with Crippen molar-refractivity contribution >= 4 is 23.3 Å². The topological polar surface area (TPSA) is 83.8 Å². The van der Waals surface area contributed by atoms with Gasteiger partial charge in [-0.2, -0.15) is 5.10 Å². The largest absolute Gasteiger partial charge is 0.384 e. The number of hydrogen-bond donors (Lipinski definition) is 3. The van der Waals surface area contributed by atoms with Crippen LogP contribution in [-0.2, 0) is 6.54 Å². The van der Waals surface area contributed by atoms with E-state index in [2.05, 4.69) is 15.5 Å². The Balaban J connectivity index is 2.09. The van der Waals surface area contributed by atoms with E-state index in [0.717, 1.165) is 0 Å². The van der Waals surface area contributed by atoms with Crippen molar-refractivity contribution in [3.05, 3.63) is 46.4 Å². The molecule has 0 aliphatic carbocycles. The second-order valence-electron chi connectivity index (χ2n) is 3.59. The Kier molecular flexibility index (Phi) is 3.47. The summed E-state index contributed by atoms with van der Waals surface area (Å²) < 4.78 is 13.2. The number of nitrogens with one attached hydrogen (secondary N) is 2. The van der Waals surface area contributed by atoms with Gasteiger partial charge in [-0.25, -0.2) is 4.39 Å². The van der Waals surface area contributed by atoms with Crippen molar-refractivity contribution in [3.8, 4) is 0 Å². The zero-order valence-electron chi connectivity index (χ0n) is 9.21. The molecule has 0 aliphatic rings. The molecule has 2 rings (SSSR count). The van der Waals surface area contributed by atoms with Crippen LogP contribution >= 0.6 is 11.6 Å². The smallest absolute Gasteiger partial charge is 0.253 e. The van der Waals surface area contributed by atoms with Crippen LogP contribution in [0.5, 0.6) is 0 Å². The van der Waals surface area contributed by atoms with E-state index in [4.69, 9.17) is 17.3 Å². The predicted octanol–water partition coefficient (Wildman–Crippen LogP) is 1.71. The molecule has 4 N–H and O–H groups in total. The Morgan fingerprint density at radius 1 is 1.56 bits per heavy atom. The molecule has 1 aromatic carbocycles. The summed E-state index contributed by atoms with van der Waals surface area (Å²) in [6.45, 7) is 0.189. The molecule has 7 heteroatoms. The van der Waals surface area contributed by atoms with Gasteiger partial charge in [0.2, 0.25) is 0 Å². The summed E-state index contributed by atoms with van der Waals surface area (Å²) in [6, 6.07) is 4.05. The van der Waals surface area contributed by atoms with Crippen molar-refractivity contribution in [2.24, 2.45) is 0 Å². The normalized spacial score (nSPS) is 10.3. The zero-order chi connectivity index (χ0) is 13.1. The van der Waals surface area contributed by atoms with Crippen LogP contribution in [0, 0.1) is 5.82 Å². The molecule has 0 aliphatic heterocycles. The number of benzene rings is 1. The molecule has 0 fully saturated rings. The zero-order valence-corrected chi connectivity index (χ0v) is 9.96. The molecule has 5 nitrogen and oxygen atoms in total. The van der Waals surface area contributed by atoms with E-state index in [1.54, 1.807) is 0 Å². The highest BCUT2D eigenvalue weighted by atomic mass is 35.5. The molecule has 0 saturated carbocycles. The molecule has 0 spiro atoms. The maximum atomic E-state index is 13.2. The highest BCUT2D eigenvalue weighted by Gasteiger charge is 2.13. The summed E-state index contributed by atoms with van der Waals surface area (Å²) in [6.07, 6.45) is 1.50. The number of amides is 1. The first kappa shape index (κ1) is 12.4. The third-order valence-corrected chi connectivity index (χ3v) is 2.77. The standard InChI is InChI=1S/C11H10ClFN4O/c12-9-7(2-1-3-8(9)13)11(18)15-4-6-5-16-17-10(6)14/h1-3,5H,4H2,(H,15,18)(H3,14,16,17). The summed E-state index contributed by atoms with van der Waals surface area (Å²) in [5.41, 5.74) is 6.30. The van der Waals surface area contributed by atoms with Crippen molar-refractivity contribution in [3.63, 3.8) is 0 Å². The van der Waals surface area contributed by atoms with E-state index in [1.807, 2.05) is 0 Å². The van der Waals surface area contributed by atoms with Crippen molar-refractivity contribution in [2.45, 2.75) is 6.54 Å². The van der Waals surface area contributed by atoms with E-state index in [1.165, 1.54) is 24.4 Å². The summed E-state index contributed by atoms with van der Waals surface area (Å²) in [5.74, 6) is -0.729. The van der Waals surface area contributed by atoms with Gasteiger partial charge in [0.1, 0.15) is 11.6 Å². The van der Waals surface area contributed by atoms with Gasteiger partial charge in [-0.15, -0.1) is 0 Å². The van der Waals surface area contributed by atoms with Crippen molar-refractivity contribution in [1.82, 2.24) is 15.5 Å². The lowest BCUT2D eigenvalue weighted by molar-refractivity contribution is 0.0950. The molecule has 0 saturated heterocycles. The fourth-order valence-electron chi connectivity index (χ4n) is 1.41. The molecule has 1 aromatic heterocycles. The minimum absolute atomic E-state index is 0.0822. The maximum Gasteiger partial charge on any atom is 0.253 e. The molecule has 18 heavy (non-hydrogen) atoms. The van der Waals surface area contributed by atoms with Crippen molar-refractivity contribution in [1.29, 1.82) is 0 Å². The minimum atomic E-state index is -0.632. The van der Waals surface area contributed by atoms with E-state index in [-0.39, 0.29) is 17.1 Å². The number of carbonyl (C=O) groups is 1. The third-order valence-electron chi connectivity index (χ3n) is 2.39. The van der Waals surface area contributed by atoms with Gasteiger partial charge in [-0.05, 0) is 12.1 Å². The Labute approximate surface area is 107 Å². The van der Waals surface area contributed by atoms with Crippen LogP contribution in [0.1, 0.15) is 15.9 Å².